The van der Waals surface area contributed by atoms with Gasteiger partial charge in [0.25, 0.3) is 0 Å². The van der Waals surface area contributed by atoms with Crippen molar-refractivity contribution < 1.29 is 0 Å². The second-order valence-corrected chi connectivity index (χ2v) is 3.11. The number of nitrogens with one attached hydrogen (secondary N) is 1. The topological polar surface area (TPSA) is 63.8 Å². The van der Waals surface area contributed by atoms with Crippen LogP contribution in [0.1, 0.15) is 19.2 Å². The van der Waals surface area contributed by atoms with Crippen LogP contribution in [0.25, 0.3) is 0 Å². The monoisotopic (exact) mass is 180 g/mol. The number of nitrogens with two attached hydrogens (primary N) is 1. The molecule has 4 heteroatoms. The lowest BCUT2D eigenvalue weighted by molar-refractivity contribution is 0.712. The van der Waals surface area contributed by atoms with Gasteiger partial charge in [-0.15, -0.1) is 0 Å². The molecule has 0 spiro atoms. The molecule has 0 amide bonds. The van der Waals surface area contributed by atoms with Crippen LogP contribution in [0.2, 0.25) is 0 Å². The molecule has 1 heterocycles. The van der Waals surface area contributed by atoms with E-state index in [4.69, 9.17) is 5.73 Å². The number of hydrogen-bond donors (Lipinski definition) is 2. The third kappa shape index (κ3) is 3.38. The molecule has 72 valence electrons. The number of nitrogens with zero attached hydrogens (tertiary/aromatic N) is 2. The van der Waals surface area contributed by atoms with E-state index < -0.39 is 0 Å². The van der Waals surface area contributed by atoms with Gasteiger partial charge in [-0.25, -0.2) is 9.97 Å². The summed E-state index contributed by atoms with van der Waals surface area (Å²) in [5, 5.41) is 3.25. The van der Waals surface area contributed by atoms with Gasteiger partial charge in [-0.1, -0.05) is 0 Å². The molecule has 0 bridgehead atoms. The molecular weight excluding hydrogens is 164 g/mol. The molecule has 3 N–H and O–H groups in total. The Hall–Kier alpha value is -1.16. The number of anilines is 1. The molecule has 1 rings (SSSR count). The summed E-state index contributed by atoms with van der Waals surface area (Å²) in [6.07, 6.45) is 2.70. The van der Waals surface area contributed by atoms with E-state index in [1.807, 2.05) is 13.0 Å². The zero-order valence-corrected chi connectivity index (χ0v) is 8.12. The summed E-state index contributed by atoms with van der Waals surface area (Å²) in [5.41, 5.74) is 5.44. The standard InChI is InChI=1S/C9H16N4/c1-7(3-5-10)12-9-4-6-11-8(2)13-9/h4,6-7H,3,5,10H2,1-2H3,(H,11,12,13). The Bertz CT molecular complexity index is 262. The van der Waals surface area contributed by atoms with Crippen molar-refractivity contribution in [2.75, 3.05) is 11.9 Å². The van der Waals surface area contributed by atoms with Crippen molar-refractivity contribution in [1.29, 1.82) is 0 Å². The molecule has 0 aliphatic heterocycles. The summed E-state index contributed by atoms with van der Waals surface area (Å²) in [4.78, 5) is 8.25. The van der Waals surface area contributed by atoms with Gasteiger partial charge in [-0.3, -0.25) is 0 Å². The zero-order valence-electron chi connectivity index (χ0n) is 8.12. The molecular formula is C9H16N4. The van der Waals surface area contributed by atoms with Gasteiger partial charge in [-0.05, 0) is 32.9 Å². The SMILES string of the molecule is Cc1nccc(NC(C)CCN)n1. The molecule has 0 fully saturated rings. The smallest absolute Gasteiger partial charge is 0.129 e. The molecule has 1 unspecified atom stereocenters. The summed E-state index contributed by atoms with van der Waals surface area (Å²) in [6, 6.07) is 2.22. The van der Waals surface area contributed by atoms with Gasteiger partial charge >= 0.3 is 0 Å². The molecule has 0 saturated heterocycles. The lowest BCUT2D eigenvalue weighted by Gasteiger charge is -2.12. The molecule has 1 aromatic rings. The molecule has 0 aliphatic carbocycles. The molecule has 0 saturated carbocycles. The summed E-state index contributed by atoms with van der Waals surface area (Å²) in [7, 11) is 0. The van der Waals surface area contributed by atoms with Crippen LogP contribution < -0.4 is 11.1 Å². The predicted octanol–water partition coefficient (Wildman–Crippen LogP) is 0.934. The Labute approximate surface area is 78.6 Å². The van der Waals surface area contributed by atoms with E-state index >= 15 is 0 Å². The van der Waals surface area contributed by atoms with Crippen molar-refractivity contribution in [3.05, 3.63) is 18.1 Å². The van der Waals surface area contributed by atoms with Crippen molar-refractivity contribution in [3.63, 3.8) is 0 Å². The lowest BCUT2D eigenvalue weighted by Crippen LogP contribution is -2.20. The highest BCUT2D eigenvalue weighted by molar-refractivity contribution is 5.33. The molecule has 0 radical (unpaired) electrons. The van der Waals surface area contributed by atoms with Gasteiger partial charge < -0.3 is 11.1 Å². The van der Waals surface area contributed by atoms with Gasteiger partial charge in [-0.2, -0.15) is 0 Å². The fourth-order valence-corrected chi connectivity index (χ4v) is 1.11. The highest BCUT2D eigenvalue weighted by Crippen LogP contribution is 2.04. The molecule has 13 heavy (non-hydrogen) atoms. The van der Waals surface area contributed by atoms with Crippen molar-refractivity contribution >= 4 is 5.82 Å². The number of aromatic nitrogens is 2. The maximum Gasteiger partial charge on any atom is 0.129 e. The van der Waals surface area contributed by atoms with Crippen LogP contribution in [0.3, 0.4) is 0 Å². The van der Waals surface area contributed by atoms with Crippen LogP contribution in [0.4, 0.5) is 5.82 Å². The maximum absolute atomic E-state index is 5.44. The predicted molar refractivity (Wildman–Crippen MR) is 53.5 cm³/mol. The van der Waals surface area contributed by atoms with Crippen LogP contribution in [-0.2, 0) is 0 Å². The van der Waals surface area contributed by atoms with Gasteiger partial charge in [0.1, 0.15) is 11.6 Å². The quantitative estimate of drug-likeness (QED) is 0.723. The van der Waals surface area contributed by atoms with E-state index in [1.54, 1.807) is 6.20 Å². The minimum absolute atomic E-state index is 0.360. The van der Waals surface area contributed by atoms with Crippen molar-refractivity contribution in [1.82, 2.24) is 9.97 Å². The lowest BCUT2D eigenvalue weighted by atomic mass is 10.2. The first kappa shape index (κ1) is 9.92. The van der Waals surface area contributed by atoms with Crippen LogP contribution in [0.15, 0.2) is 12.3 Å². The average molecular weight is 180 g/mol. The van der Waals surface area contributed by atoms with E-state index in [0.717, 1.165) is 18.1 Å². The fourth-order valence-electron chi connectivity index (χ4n) is 1.11. The first-order chi connectivity index (χ1) is 6.22. The summed E-state index contributed by atoms with van der Waals surface area (Å²) >= 11 is 0. The van der Waals surface area contributed by atoms with Crippen molar-refractivity contribution in [3.8, 4) is 0 Å². The molecule has 0 aromatic carbocycles. The summed E-state index contributed by atoms with van der Waals surface area (Å²) in [6.45, 7) is 4.65. The van der Waals surface area contributed by atoms with E-state index in [-0.39, 0.29) is 0 Å². The largest absolute Gasteiger partial charge is 0.367 e. The Kier molecular flexibility index (Phi) is 3.64. The van der Waals surface area contributed by atoms with Crippen LogP contribution in [0, 0.1) is 6.92 Å². The average Bonchev–Trinajstić information content (AvgIpc) is 2.04. The molecule has 0 aliphatic rings. The molecule has 4 nitrogen and oxygen atoms in total. The minimum Gasteiger partial charge on any atom is -0.367 e. The zero-order chi connectivity index (χ0) is 9.68. The second kappa shape index (κ2) is 4.77. The van der Waals surface area contributed by atoms with E-state index in [0.29, 0.717) is 12.6 Å². The van der Waals surface area contributed by atoms with Crippen LogP contribution >= 0.6 is 0 Å². The maximum atomic E-state index is 5.44. The minimum atomic E-state index is 0.360. The van der Waals surface area contributed by atoms with E-state index in [9.17, 15) is 0 Å². The number of rotatable bonds is 4. The Morgan fingerprint density at radius 2 is 2.38 bits per heavy atom. The van der Waals surface area contributed by atoms with Gasteiger partial charge in [0.15, 0.2) is 0 Å². The normalized spacial score (nSPS) is 12.5. The molecule has 1 aromatic heterocycles. The number of aryl methyl sites for hydroxylation is 1. The Morgan fingerprint density at radius 3 is 3.00 bits per heavy atom. The van der Waals surface area contributed by atoms with Crippen molar-refractivity contribution in [2.24, 2.45) is 5.73 Å². The second-order valence-electron chi connectivity index (χ2n) is 3.11. The number of hydrogen-bond acceptors (Lipinski definition) is 4. The first-order valence-electron chi connectivity index (χ1n) is 4.48. The summed E-state index contributed by atoms with van der Waals surface area (Å²) in [5.74, 6) is 1.65. The van der Waals surface area contributed by atoms with Crippen LogP contribution in [0.5, 0.6) is 0 Å². The summed E-state index contributed by atoms with van der Waals surface area (Å²) < 4.78 is 0. The van der Waals surface area contributed by atoms with Gasteiger partial charge in [0.05, 0.1) is 0 Å². The molecule has 1 atom stereocenters. The van der Waals surface area contributed by atoms with E-state index in [1.165, 1.54) is 0 Å². The third-order valence-corrected chi connectivity index (χ3v) is 1.77. The highest BCUT2D eigenvalue weighted by atomic mass is 15.0. The Balaban J connectivity index is 2.53. The van der Waals surface area contributed by atoms with E-state index in [2.05, 4.69) is 22.2 Å². The van der Waals surface area contributed by atoms with Crippen LogP contribution in [-0.4, -0.2) is 22.6 Å². The first-order valence-corrected chi connectivity index (χ1v) is 4.48. The van der Waals surface area contributed by atoms with Gasteiger partial charge in [0.2, 0.25) is 0 Å². The van der Waals surface area contributed by atoms with Gasteiger partial charge in [0, 0.05) is 12.2 Å². The Morgan fingerprint density at radius 1 is 1.62 bits per heavy atom. The fraction of sp³-hybridized carbons (Fsp3) is 0.556. The van der Waals surface area contributed by atoms with Crippen molar-refractivity contribution in [2.45, 2.75) is 26.3 Å². The highest BCUT2D eigenvalue weighted by Gasteiger charge is 2.01. The third-order valence-electron chi connectivity index (χ3n) is 1.77.